The van der Waals surface area contributed by atoms with Crippen molar-refractivity contribution in [1.82, 2.24) is 4.57 Å². The maximum absolute atomic E-state index is 9.67. The van der Waals surface area contributed by atoms with Gasteiger partial charge in [-0.1, -0.05) is 97.1 Å². The highest BCUT2D eigenvalue weighted by atomic mass is 32.1. The molecule has 0 aliphatic heterocycles. The Morgan fingerprint density at radius 1 is 0.511 bits per heavy atom. The van der Waals surface area contributed by atoms with E-state index >= 15 is 0 Å². The predicted molar refractivity (Wildman–Crippen MR) is 197 cm³/mol. The van der Waals surface area contributed by atoms with Crippen LogP contribution in [0.15, 0.2) is 150 Å². The van der Waals surface area contributed by atoms with Crippen LogP contribution in [0.25, 0.3) is 91.9 Å². The summed E-state index contributed by atoms with van der Waals surface area (Å²) in [5.74, 6) is 0. The summed E-state index contributed by atoms with van der Waals surface area (Å²) in [6, 6.07) is 53.6. The molecule has 0 amide bonds. The Morgan fingerprint density at radius 2 is 1.26 bits per heavy atom. The predicted octanol–water partition coefficient (Wildman–Crippen LogP) is 12.3. The van der Waals surface area contributed by atoms with E-state index in [0.29, 0.717) is 5.56 Å². The highest BCUT2D eigenvalue weighted by molar-refractivity contribution is 7.26. The molecule has 0 aliphatic rings. The molecule has 4 heteroatoms. The van der Waals surface area contributed by atoms with Gasteiger partial charge in [0, 0.05) is 48.1 Å². The molecule has 0 spiro atoms. The maximum atomic E-state index is 9.67. The van der Waals surface area contributed by atoms with E-state index in [4.69, 9.17) is 4.42 Å². The minimum Gasteiger partial charge on any atom is -0.455 e. The van der Waals surface area contributed by atoms with Crippen molar-refractivity contribution in [2.75, 3.05) is 0 Å². The number of thiophene rings is 1. The molecule has 3 aromatic heterocycles. The van der Waals surface area contributed by atoms with Crippen LogP contribution in [0, 0.1) is 11.3 Å². The topological polar surface area (TPSA) is 41.9 Å². The third-order valence-electron chi connectivity index (χ3n) is 9.42. The van der Waals surface area contributed by atoms with E-state index in [1.807, 2.05) is 35.6 Å². The second-order valence-corrected chi connectivity index (χ2v) is 13.0. The number of aromatic nitrogens is 1. The smallest absolute Gasteiger partial charge is 0.143 e. The Balaban J connectivity index is 1.30. The minimum absolute atomic E-state index is 0.667. The van der Waals surface area contributed by atoms with Crippen molar-refractivity contribution in [2.45, 2.75) is 0 Å². The van der Waals surface area contributed by atoms with Gasteiger partial charge in [0.25, 0.3) is 0 Å². The molecule has 47 heavy (non-hydrogen) atoms. The quantitative estimate of drug-likeness (QED) is 0.198. The summed E-state index contributed by atoms with van der Waals surface area (Å²) in [6.07, 6.45) is 0. The van der Waals surface area contributed by atoms with Crippen molar-refractivity contribution in [3.05, 3.63) is 151 Å². The number of nitriles is 1. The first-order chi connectivity index (χ1) is 23.3. The SMILES string of the molecule is N#Cc1ccc2c(c1)c1ccccc1n2-c1cccc2c1sc1c(-c3ccccc3)cc(-c3cccc4c3oc3ccccc34)cc12. The number of rotatable bonds is 3. The van der Waals surface area contributed by atoms with Gasteiger partial charge in [0.15, 0.2) is 0 Å². The van der Waals surface area contributed by atoms with Crippen LogP contribution in [0.5, 0.6) is 0 Å². The summed E-state index contributed by atoms with van der Waals surface area (Å²) < 4.78 is 11.4. The number of hydrogen-bond donors (Lipinski definition) is 0. The van der Waals surface area contributed by atoms with Gasteiger partial charge in [-0.3, -0.25) is 0 Å². The number of benzene rings is 7. The highest BCUT2D eigenvalue weighted by Gasteiger charge is 2.20. The molecule has 0 unspecified atom stereocenters. The third-order valence-corrected chi connectivity index (χ3v) is 10.7. The van der Waals surface area contributed by atoms with Gasteiger partial charge in [0.1, 0.15) is 11.2 Å². The Kier molecular flexibility index (Phi) is 5.51. The van der Waals surface area contributed by atoms with E-state index in [1.165, 1.54) is 31.3 Å². The zero-order valence-corrected chi connectivity index (χ0v) is 25.9. The van der Waals surface area contributed by atoms with Gasteiger partial charge in [-0.05, 0) is 59.7 Å². The molecule has 10 rings (SSSR count). The van der Waals surface area contributed by atoms with Crippen molar-refractivity contribution in [3.63, 3.8) is 0 Å². The minimum atomic E-state index is 0.667. The number of furan rings is 1. The van der Waals surface area contributed by atoms with Crippen LogP contribution in [-0.4, -0.2) is 4.57 Å². The molecule has 0 bridgehead atoms. The fraction of sp³-hybridized carbons (Fsp3) is 0. The second kappa shape index (κ2) is 9.92. The Hall–Kier alpha value is -6.15. The van der Waals surface area contributed by atoms with E-state index < -0.39 is 0 Å². The normalized spacial score (nSPS) is 11.8. The summed E-state index contributed by atoms with van der Waals surface area (Å²) in [5.41, 5.74) is 10.4. The summed E-state index contributed by atoms with van der Waals surface area (Å²) in [6.45, 7) is 0. The number of fused-ring (bicyclic) bond motifs is 9. The standard InChI is InChI=1S/C43H24N2OS/c44-25-26-20-21-38-35(22-26)30-12-4-6-17-37(30)45(38)39-18-9-16-33-36-24-28(23-34(42(36)47-43(33)39)27-10-2-1-3-11-27)29-14-8-15-32-31-13-5-7-19-40(31)46-41(29)32/h1-24H. The fourth-order valence-electron chi connectivity index (χ4n) is 7.33. The van der Waals surface area contributed by atoms with Crippen LogP contribution in [0.1, 0.15) is 5.56 Å². The largest absolute Gasteiger partial charge is 0.455 e. The molecule has 0 saturated heterocycles. The fourth-order valence-corrected chi connectivity index (χ4v) is 8.65. The summed E-state index contributed by atoms with van der Waals surface area (Å²) in [7, 11) is 0. The van der Waals surface area contributed by atoms with Gasteiger partial charge in [-0.25, -0.2) is 0 Å². The first kappa shape index (κ1) is 26.1. The van der Waals surface area contributed by atoms with Gasteiger partial charge in [0.2, 0.25) is 0 Å². The number of para-hydroxylation sites is 3. The van der Waals surface area contributed by atoms with Gasteiger partial charge in [0.05, 0.1) is 33.1 Å². The number of nitrogens with zero attached hydrogens (tertiary/aromatic N) is 2. The summed E-state index contributed by atoms with van der Waals surface area (Å²) in [5, 5.41) is 16.6. The molecule has 0 fully saturated rings. The van der Waals surface area contributed by atoms with Crippen molar-refractivity contribution in [2.24, 2.45) is 0 Å². The molecule has 0 N–H and O–H groups in total. The first-order valence-corrected chi connectivity index (χ1v) is 16.5. The molecule has 7 aromatic carbocycles. The molecular weight excluding hydrogens is 593 g/mol. The summed E-state index contributed by atoms with van der Waals surface area (Å²) >= 11 is 1.85. The molecule has 0 radical (unpaired) electrons. The molecule has 0 aliphatic carbocycles. The van der Waals surface area contributed by atoms with E-state index in [-0.39, 0.29) is 0 Å². The Bertz CT molecular complexity index is 2920. The van der Waals surface area contributed by atoms with Crippen molar-refractivity contribution < 1.29 is 4.42 Å². The molecule has 10 aromatic rings. The van der Waals surface area contributed by atoms with Gasteiger partial charge < -0.3 is 8.98 Å². The highest BCUT2D eigenvalue weighted by Crippen LogP contribution is 2.47. The lowest BCUT2D eigenvalue weighted by Gasteiger charge is -2.10. The maximum Gasteiger partial charge on any atom is 0.143 e. The lowest BCUT2D eigenvalue weighted by Crippen LogP contribution is -1.93. The average molecular weight is 617 g/mol. The van der Waals surface area contributed by atoms with E-state index in [0.717, 1.165) is 60.6 Å². The third kappa shape index (κ3) is 3.78. The van der Waals surface area contributed by atoms with E-state index in [9.17, 15) is 5.26 Å². The van der Waals surface area contributed by atoms with Crippen LogP contribution in [0.2, 0.25) is 0 Å². The van der Waals surface area contributed by atoms with Crippen LogP contribution in [-0.2, 0) is 0 Å². The van der Waals surface area contributed by atoms with Gasteiger partial charge in [-0.15, -0.1) is 11.3 Å². The molecule has 0 saturated carbocycles. The lowest BCUT2D eigenvalue weighted by atomic mass is 9.95. The van der Waals surface area contributed by atoms with Crippen LogP contribution in [0.3, 0.4) is 0 Å². The van der Waals surface area contributed by atoms with Gasteiger partial charge >= 0.3 is 0 Å². The lowest BCUT2D eigenvalue weighted by molar-refractivity contribution is 0.670. The Morgan fingerprint density at radius 3 is 2.15 bits per heavy atom. The monoisotopic (exact) mass is 616 g/mol. The molecule has 0 atom stereocenters. The number of hydrogen-bond acceptors (Lipinski definition) is 3. The zero-order valence-electron chi connectivity index (χ0n) is 25.1. The first-order valence-electron chi connectivity index (χ1n) is 15.7. The van der Waals surface area contributed by atoms with Crippen LogP contribution in [0.4, 0.5) is 0 Å². The van der Waals surface area contributed by atoms with Crippen LogP contribution < -0.4 is 0 Å². The van der Waals surface area contributed by atoms with E-state index in [1.54, 1.807) is 0 Å². The molecular formula is C43H24N2OS. The van der Waals surface area contributed by atoms with Gasteiger partial charge in [-0.2, -0.15) is 5.26 Å². The molecule has 218 valence electrons. The summed E-state index contributed by atoms with van der Waals surface area (Å²) in [4.78, 5) is 0. The second-order valence-electron chi connectivity index (χ2n) is 12.0. The average Bonchev–Trinajstić information content (AvgIpc) is 3.81. The van der Waals surface area contributed by atoms with Crippen LogP contribution >= 0.6 is 11.3 Å². The van der Waals surface area contributed by atoms with Crippen molar-refractivity contribution >= 4 is 75.3 Å². The zero-order chi connectivity index (χ0) is 31.1. The van der Waals surface area contributed by atoms with Crippen molar-refractivity contribution in [1.29, 1.82) is 5.26 Å². The molecule has 3 heterocycles. The molecule has 3 nitrogen and oxygen atoms in total. The van der Waals surface area contributed by atoms with Crippen molar-refractivity contribution in [3.8, 4) is 34.0 Å². The Labute approximate surface area is 273 Å². The van der Waals surface area contributed by atoms with E-state index in [2.05, 4.69) is 132 Å².